The molecule has 1 fully saturated rings. The molecule has 27 heavy (non-hydrogen) atoms. The molecule has 1 heterocycles. The van der Waals surface area contributed by atoms with E-state index in [0.29, 0.717) is 11.4 Å². The maximum absolute atomic E-state index is 12.8. The summed E-state index contributed by atoms with van der Waals surface area (Å²) < 4.78 is 5.07. The number of nitrogens with zero attached hydrogens (tertiary/aromatic N) is 1. The molecule has 0 saturated carbocycles. The largest absolute Gasteiger partial charge is 0.497 e. The minimum atomic E-state index is -1.26. The van der Waals surface area contributed by atoms with E-state index in [1.165, 1.54) is 7.11 Å². The molecule has 4 amide bonds. The van der Waals surface area contributed by atoms with Crippen LogP contribution in [0.25, 0.3) is 0 Å². The van der Waals surface area contributed by atoms with Gasteiger partial charge in [0.2, 0.25) is 5.91 Å². The molecule has 1 aliphatic rings. The van der Waals surface area contributed by atoms with E-state index in [9.17, 15) is 14.4 Å². The fourth-order valence-electron chi connectivity index (χ4n) is 2.60. The highest BCUT2D eigenvalue weighted by Crippen LogP contribution is 2.25. The van der Waals surface area contributed by atoms with Gasteiger partial charge in [0.25, 0.3) is 5.91 Å². The highest BCUT2D eigenvalue weighted by molar-refractivity contribution is 6.28. The van der Waals surface area contributed by atoms with Gasteiger partial charge in [-0.1, -0.05) is 24.8 Å². The number of hydrazine groups is 1. The zero-order valence-electron chi connectivity index (χ0n) is 14.6. The van der Waals surface area contributed by atoms with Crippen molar-refractivity contribution in [3.63, 3.8) is 0 Å². The number of rotatable bonds is 6. The summed E-state index contributed by atoms with van der Waals surface area (Å²) in [7, 11) is 1.51. The van der Waals surface area contributed by atoms with E-state index >= 15 is 0 Å². The lowest BCUT2D eigenvalue weighted by molar-refractivity contribution is -0.132. The summed E-state index contributed by atoms with van der Waals surface area (Å²) >= 11 is 0. The van der Waals surface area contributed by atoms with Crippen molar-refractivity contribution in [3.05, 3.63) is 66.9 Å². The second-order valence-electron chi connectivity index (χ2n) is 5.74. The average Bonchev–Trinajstić information content (AvgIpc) is 2.67. The van der Waals surface area contributed by atoms with Crippen LogP contribution < -0.4 is 25.8 Å². The van der Waals surface area contributed by atoms with E-state index < -0.39 is 23.8 Å². The van der Waals surface area contributed by atoms with E-state index in [0.717, 1.165) is 10.6 Å². The van der Waals surface area contributed by atoms with Crippen molar-refractivity contribution in [1.29, 1.82) is 0 Å². The number of nitrogens with one attached hydrogen (secondary N) is 3. The van der Waals surface area contributed by atoms with E-state index in [1.807, 2.05) is 18.2 Å². The molecule has 0 spiro atoms. The molecule has 8 heteroatoms. The summed E-state index contributed by atoms with van der Waals surface area (Å²) in [5.74, 6) is -2.11. The second kappa shape index (κ2) is 7.61. The fourth-order valence-corrected chi connectivity index (χ4v) is 2.60. The molecule has 2 aromatic carbocycles. The number of ether oxygens (including phenoxy) is 1. The Morgan fingerprint density at radius 3 is 2.37 bits per heavy atom. The summed E-state index contributed by atoms with van der Waals surface area (Å²) in [5.41, 5.74) is 6.78. The molecule has 1 aliphatic heterocycles. The molecule has 8 nitrogen and oxygen atoms in total. The number of anilines is 2. The van der Waals surface area contributed by atoms with Gasteiger partial charge in [0.1, 0.15) is 5.75 Å². The molecule has 3 N–H and O–H groups in total. The molecule has 0 aliphatic carbocycles. The van der Waals surface area contributed by atoms with Crippen LogP contribution in [0.3, 0.4) is 0 Å². The minimum absolute atomic E-state index is 0.118. The van der Waals surface area contributed by atoms with Crippen LogP contribution in [-0.2, 0) is 9.59 Å². The van der Waals surface area contributed by atoms with Gasteiger partial charge in [0, 0.05) is 5.70 Å². The van der Waals surface area contributed by atoms with Gasteiger partial charge >= 0.3 is 6.03 Å². The van der Waals surface area contributed by atoms with Crippen molar-refractivity contribution in [2.24, 2.45) is 5.92 Å². The van der Waals surface area contributed by atoms with E-state index in [1.54, 1.807) is 36.4 Å². The lowest BCUT2D eigenvalue weighted by Gasteiger charge is -2.31. The summed E-state index contributed by atoms with van der Waals surface area (Å²) in [5, 5.41) is 2.18. The Labute approximate surface area is 155 Å². The Morgan fingerprint density at radius 1 is 1.07 bits per heavy atom. The number of barbiturate groups is 1. The van der Waals surface area contributed by atoms with Crippen LogP contribution in [0.4, 0.5) is 16.2 Å². The Kier molecular flexibility index (Phi) is 5.07. The molecule has 0 radical (unpaired) electrons. The SMILES string of the molecule is C=C(NNc1ccccc1)[C@@H]1C(=O)NC(=O)N(c2ccc(OC)cc2)C1=O. The lowest BCUT2D eigenvalue weighted by atomic mass is 10.0. The van der Waals surface area contributed by atoms with Crippen LogP contribution in [0.5, 0.6) is 5.75 Å². The van der Waals surface area contributed by atoms with Crippen LogP contribution in [0.15, 0.2) is 66.9 Å². The van der Waals surface area contributed by atoms with Gasteiger partial charge in [-0.05, 0) is 36.4 Å². The van der Waals surface area contributed by atoms with Gasteiger partial charge in [0.15, 0.2) is 5.92 Å². The zero-order chi connectivity index (χ0) is 19.4. The van der Waals surface area contributed by atoms with Crippen LogP contribution in [0.2, 0.25) is 0 Å². The quantitative estimate of drug-likeness (QED) is 0.534. The van der Waals surface area contributed by atoms with E-state index in [2.05, 4.69) is 22.7 Å². The van der Waals surface area contributed by atoms with Crippen molar-refractivity contribution < 1.29 is 19.1 Å². The number of hydrogen-bond donors (Lipinski definition) is 3. The van der Waals surface area contributed by atoms with Crippen molar-refractivity contribution in [2.45, 2.75) is 0 Å². The Hall–Kier alpha value is -3.81. The number of amides is 4. The predicted molar refractivity (Wildman–Crippen MR) is 99.8 cm³/mol. The zero-order valence-corrected chi connectivity index (χ0v) is 14.6. The summed E-state index contributed by atoms with van der Waals surface area (Å²) in [6, 6.07) is 14.7. The molecule has 1 saturated heterocycles. The van der Waals surface area contributed by atoms with Gasteiger partial charge < -0.3 is 15.6 Å². The van der Waals surface area contributed by atoms with E-state index in [-0.39, 0.29) is 5.70 Å². The molecular formula is C19H18N4O4. The van der Waals surface area contributed by atoms with Crippen LogP contribution >= 0.6 is 0 Å². The first-order valence-electron chi connectivity index (χ1n) is 8.10. The molecule has 0 bridgehead atoms. The van der Waals surface area contributed by atoms with Crippen molar-refractivity contribution in [2.75, 3.05) is 17.4 Å². The Balaban J connectivity index is 1.78. The third kappa shape index (κ3) is 3.74. The highest BCUT2D eigenvalue weighted by Gasteiger charge is 2.43. The summed E-state index contributed by atoms with van der Waals surface area (Å²) in [6.07, 6.45) is 0. The smallest absolute Gasteiger partial charge is 0.335 e. The number of urea groups is 1. The number of hydrogen-bond acceptors (Lipinski definition) is 6. The number of benzene rings is 2. The Morgan fingerprint density at radius 2 is 1.74 bits per heavy atom. The molecule has 2 aromatic rings. The van der Waals surface area contributed by atoms with Crippen molar-refractivity contribution >= 4 is 29.2 Å². The molecule has 1 atom stereocenters. The van der Waals surface area contributed by atoms with Crippen molar-refractivity contribution in [3.8, 4) is 5.75 Å². The third-order valence-electron chi connectivity index (χ3n) is 3.98. The molecule has 0 aromatic heterocycles. The van der Waals surface area contributed by atoms with Crippen LogP contribution in [-0.4, -0.2) is 25.0 Å². The van der Waals surface area contributed by atoms with Gasteiger partial charge in [-0.2, -0.15) is 0 Å². The summed E-state index contributed by atoms with van der Waals surface area (Å²) in [4.78, 5) is 38.2. The molecule has 3 rings (SSSR count). The molecular weight excluding hydrogens is 348 g/mol. The molecule has 0 unspecified atom stereocenters. The third-order valence-corrected chi connectivity index (χ3v) is 3.98. The van der Waals surface area contributed by atoms with Crippen molar-refractivity contribution in [1.82, 2.24) is 10.7 Å². The fraction of sp³-hybridized carbons (Fsp3) is 0.105. The Bertz CT molecular complexity index is 880. The lowest BCUT2D eigenvalue weighted by Crippen LogP contribution is -2.59. The molecule has 138 valence electrons. The first kappa shape index (κ1) is 18.0. The number of imide groups is 2. The monoisotopic (exact) mass is 366 g/mol. The number of carbonyl (C=O) groups is 3. The van der Waals surface area contributed by atoms with Gasteiger partial charge in [-0.25, -0.2) is 9.69 Å². The number of carbonyl (C=O) groups excluding carboxylic acids is 3. The minimum Gasteiger partial charge on any atom is -0.497 e. The standard InChI is InChI=1S/C19H18N4O4/c1-12(21-22-13-6-4-3-5-7-13)16-17(24)20-19(26)23(18(16)25)14-8-10-15(27-2)11-9-14/h3-11,16,21-22H,1H2,2H3,(H,20,24,26)/t16-/m1/s1. The normalized spacial score (nSPS) is 16.6. The predicted octanol–water partition coefficient (Wildman–Crippen LogP) is 2.02. The number of para-hydroxylation sites is 1. The first-order chi connectivity index (χ1) is 13.0. The maximum atomic E-state index is 12.8. The van der Waals surface area contributed by atoms with Crippen LogP contribution in [0.1, 0.15) is 0 Å². The maximum Gasteiger partial charge on any atom is 0.335 e. The second-order valence-corrected chi connectivity index (χ2v) is 5.74. The number of methoxy groups -OCH3 is 1. The van der Waals surface area contributed by atoms with Gasteiger partial charge in [-0.3, -0.25) is 14.9 Å². The van der Waals surface area contributed by atoms with E-state index in [4.69, 9.17) is 4.74 Å². The van der Waals surface area contributed by atoms with Crippen LogP contribution in [0, 0.1) is 5.92 Å². The average molecular weight is 366 g/mol. The first-order valence-corrected chi connectivity index (χ1v) is 8.10. The van der Waals surface area contributed by atoms with Gasteiger partial charge in [-0.15, -0.1) is 0 Å². The van der Waals surface area contributed by atoms with Gasteiger partial charge in [0.05, 0.1) is 18.5 Å². The highest BCUT2D eigenvalue weighted by atomic mass is 16.5. The summed E-state index contributed by atoms with van der Waals surface area (Å²) in [6.45, 7) is 3.76. The topological polar surface area (TPSA) is 99.8 Å².